The summed E-state index contributed by atoms with van der Waals surface area (Å²) in [7, 11) is 0. The van der Waals surface area contributed by atoms with Gasteiger partial charge in [0.1, 0.15) is 11.8 Å². The van der Waals surface area contributed by atoms with Gasteiger partial charge in [-0.1, -0.05) is 37.6 Å². The van der Waals surface area contributed by atoms with Crippen LogP contribution in [0.1, 0.15) is 24.2 Å². The Morgan fingerprint density at radius 2 is 1.67 bits per heavy atom. The van der Waals surface area contributed by atoms with Crippen LogP contribution in [0.5, 0.6) is 5.75 Å². The molecule has 126 valence electrons. The molecule has 5 nitrogen and oxygen atoms in total. The van der Waals surface area contributed by atoms with Crippen LogP contribution in [0.15, 0.2) is 48.5 Å². The number of phenols is 1. The molecule has 2 amide bonds. The zero-order valence-electron chi connectivity index (χ0n) is 13.4. The third kappa shape index (κ3) is 4.49. The van der Waals surface area contributed by atoms with E-state index in [2.05, 4.69) is 10.6 Å². The minimum absolute atomic E-state index is 0.127. The second-order valence-corrected chi connectivity index (χ2v) is 6.14. The number of benzene rings is 2. The van der Waals surface area contributed by atoms with Crippen LogP contribution in [0.25, 0.3) is 0 Å². The Morgan fingerprint density at radius 1 is 1.04 bits per heavy atom. The standard InChI is InChI=1S/C18H19ClN2O3/c1-11(2)16(18(24)20-13-9-7-12(19)8-10-13)21-17(23)14-5-3-4-6-15(14)22/h3-11,16,22H,1-2H3,(H,20,24)(H,21,23)/t16-/m0/s1. The predicted octanol–water partition coefficient (Wildman–Crippen LogP) is 3.44. The molecule has 0 heterocycles. The van der Waals surface area contributed by atoms with E-state index < -0.39 is 11.9 Å². The van der Waals surface area contributed by atoms with Gasteiger partial charge >= 0.3 is 0 Å². The van der Waals surface area contributed by atoms with E-state index in [0.717, 1.165) is 0 Å². The molecule has 0 aliphatic heterocycles. The first-order valence-electron chi connectivity index (χ1n) is 7.53. The monoisotopic (exact) mass is 346 g/mol. The fraction of sp³-hybridized carbons (Fsp3) is 0.222. The van der Waals surface area contributed by atoms with Gasteiger partial charge in [0.2, 0.25) is 5.91 Å². The maximum Gasteiger partial charge on any atom is 0.255 e. The number of anilines is 1. The number of halogens is 1. The van der Waals surface area contributed by atoms with E-state index in [1.54, 1.807) is 36.4 Å². The molecule has 3 N–H and O–H groups in total. The van der Waals surface area contributed by atoms with Gasteiger partial charge in [0.15, 0.2) is 0 Å². The van der Waals surface area contributed by atoms with E-state index in [1.165, 1.54) is 12.1 Å². The summed E-state index contributed by atoms with van der Waals surface area (Å²) in [6.07, 6.45) is 0. The number of phenolic OH excluding ortho intramolecular Hbond substituents is 1. The first-order valence-corrected chi connectivity index (χ1v) is 7.91. The van der Waals surface area contributed by atoms with Crippen molar-refractivity contribution in [3.05, 3.63) is 59.1 Å². The van der Waals surface area contributed by atoms with Crippen LogP contribution < -0.4 is 10.6 Å². The van der Waals surface area contributed by atoms with Gasteiger partial charge in [-0.2, -0.15) is 0 Å². The van der Waals surface area contributed by atoms with Crippen molar-refractivity contribution < 1.29 is 14.7 Å². The Kier molecular flexibility index (Phi) is 5.82. The Bertz CT molecular complexity index is 729. The SMILES string of the molecule is CC(C)[C@H](NC(=O)c1ccccc1O)C(=O)Nc1ccc(Cl)cc1. The number of amides is 2. The zero-order chi connectivity index (χ0) is 17.7. The van der Waals surface area contributed by atoms with Crippen LogP contribution in [0.4, 0.5) is 5.69 Å². The van der Waals surface area contributed by atoms with Crippen molar-refractivity contribution in [1.82, 2.24) is 5.32 Å². The number of carbonyl (C=O) groups is 2. The Labute approximate surface area is 145 Å². The molecule has 2 rings (SSSR count). The van der Waals surface area contributed by atoms with Gasteiger partial charge < -0.3 is 15.7 Å². The minimum atomic E-state index is -0.743. The van der Waals surface area contributed by atoms with Crippen LogP contribution in [0, 0.1) is 5.92 Å². The normalized spacial score (nSPS) is 11.8. The van der Waals surface area contributed by atoms with E-state index in [1.807, 2.05) is 13.8 Å². The molecule has 0 radical (unpaired) electrons. The molecule has 0 unspecified atom stereocenters. The third-order valence-corrected chi connectivity index (χ3v) is 3.75. The molecule has 0 aromatic heterocycles. The van der Waals surface area contributed by atoms with Crippen LogP contribution in [-0.4, -0.2) is 23.0 Å². The highest BCUT2D eigenvalue weighted by atomic mass is 35.5. The first-order chi connectivity index (χ1) is 11.4. The maximum absolute atomic E-state index is 12.5. The smallest absolute Gasteiger partial charge is 0.255 e. The number of rotatable bonds is 5. The summed E-state index contributed by atoms with van der Waals surface area (Å²) in [4.78, 5) is 24.8. The highest BCUT2D eigenvalue weighted by Gasteiger charge is 2.25. The van der Waals surface area contributed by atoms with Gasteiger partial charge in [-0.25, -0.2) is 0 Å². The predicted molar refractivity (Wildman–Crippen MR) is 94.3 cm³/mol. The quantitative estimate of drug-likeness (QED) is 0.776. The second kappa shape index (κ2) is 7.84. The van der Waals surface area contributed by atoms with E-state index in [4.69, 9.17) is 11.6 Å². The molecule has 1 atom stereocenters. The van der Waals surface area contributed by atoms with E-state index in [-0.39, 0.29) is 23.1 Å². The van der Waals surface area contributed by atoms with Gasteiger partial charge in [0.05, 0.1) is 5.56 Å². The first kappa shape index (κ1) is 17.8. The number of nitrogens with one attached hydrogen (secondary N) is 2. The van der Waals surface area contributed by atoms with Crippen molar-refractivity contribution in [2.45, 2.75) is 19.9 Å². The second-order valence-electron chi connectivity index (χ2n) is 5.71. The molecule has 0 aliphatic rings. The van der Waals surface area contributed by atoms with Gasteiger partial charge in [-0.05, 0) is 42.3 Å². The molecule has 0 saturated heterocycles. The minimum Gasteiger partial charge on any atom is -0.507 e. The number of aromatic hydroxyl groups is 1. The van der Waals surface area contributed by atoms with Crippen molar-refractivity contribution in [3.8, 4) is 5.75 Å². The lowest BCUT2D eigenvalue weighted by atomic mass is 10.0. The number of carbonyl (C=O) groups excluding carboxylic acids is 2. The van der Waals surface area contributed by atoms with Crippen molar-refractivity contribution in [3.63, 3.8) is 0 Å². The molecule has 24 heavy (non-hydrogen) atoms. The van der Waals surface area contributed by atoms with E-state index >= 15 is 0 Å². The van der Waals surface area contributed by atoms with Crippen molar-refractivity contribution in [1.29, 1.82) is 0 Å². The molecule has 0 aliphatic carbocycles. The summed E-state index contributed by atoms with van der Waals surface area (Å²) in [5, 5.41) is 15.7. The lowest BCUT2D eigenvalue weighted by Gasteiger charge is -2.22. The molecule has 0 fully saturated rings. The lowest BCUT2D eigenvalue weighted by Crippen LogP contribution is -2.47. The Balaban J connectivity index is 2.11. The van der Waals surface area contributed by atoms with E-state index in [9.17, 15) is 14.7 Å². The van der Waals surface area contributed by atoms with Crippen molar-refractivity contribution in [2.75, 3.05) is 5.32 Å². The summed E-state index contributed by atoms with van der Waals surface area (Å²) in [5.74, 6) is -1.10. The fourth-order valence-electron chi connectivity index (χ4n) is 2.17. The number of hydrogen-bond donors (Lipinski definition) is 3. The summed E-state index contributed by atoms with van der Waals surface area (Å²) in [6, 6.07) is 12.2. The fourth-order valence-corrected chi connectivity index (χ4v) is 2.30. The van der Waals surface area contributed by atoms with Gasteiger partial charge in [-0.15, -0.1) is 0 Å². The molecule has 0 bridgehead atoms. The maximum atomic E-state index is 12.5. The van der Waals surface area contributed by atoms with Crippen LogP contribution in [0.2, 0.25) is 5.02 Å². The average molecular weight is 347 g/mol. The molecular weight excluding hydrogens is 328 g/mol. The average Bonchev–Trinajstić information content (AvgIpc) is 2.54. The molecular formula is C18H19ClN2O3. The van der Waals surface area contributed by atoms with Crippen molar-refractivity contribution in [2.24, 2.45) is 5.92 Å². The summed E-state index contributed by atoms with van der Waals surface area (Å²) >= 11 is 5.82. The Hall–Kier alpha value is -2.53. The molecule has 2 aromatic rings. The molecule has 0 saturated carbocycles. The molecule has 6 heteroatoms. The number of hydrogen-bond acceptors (Lipinski definition) is 3. The largest absolute Gasteiger partial charge is 0.507 e. The summed E-state index contributed by atoms with van der Waals surface area (Å²) in [6.45, 7) is 3.66. The van der Waals surface area contributed by atoms with Crippen LogP contribution in [0.3, 0.4) is 0 Å². The zero-order valence-corrected chi connectivity index (χ0v) is 14.2. The highest BCUT2D eigenvalue weighted by Crippen LogP contribution is 2.17. The topological polar surface area (TPSA) is 78.4 Å². The molecule has 0 spiro atoms. The van der Waals surface area contributed by atoms with E-state index in [0.29, 0.717) is 10.7 Å². The summed E-state index contributed by atoms with van der Waals surface area (Å²) < 4.78 is 0. The van der Waals surface area contributed by atoms with Crippen molar-refractivity contribution >= 4 is 29.1 Å². The lowest BCUT2D eigenvalue weighted by molar-refractivity contribution is -0.118. The number of para-hydroxylation sites is 1. The van der Waals surface area contributed by atoms with Gasteiger partial charge in [0, 0.05) is 10.7 Å². The summed E-state index contributed by atoms with van der Waals surface area (Å²) in [5.41, 5.74) is 0.717. The Morgan fingerprint density at radius 3 is 2.25 bits per heavy atom. The van der Waals surface area contributed by atoms with Gasteiger partial charge in [0.25, 0.3) is 5.91 Å². The third-order valence-electron chi connectivity index (χ3n) is 3.50. The van der Waals surface area contributed by atoms with Gasteiger partial charge in [-0.3, -0.25) is 9.59 Å². The van der Waals surface area contributed by atoms with Crippen LogP contribution in [-0.2, 0) is 4.79 Å². The molecule has 2 aromatic carbocycles. The highest BCUT2D eigenvalue weighted by molar-refractivity contribution is 6.30. The van der Waals surface area contributed by atoms with Crippen LogP contribution >= 0.6 is 11.6 Å².